The highest BCUT2D eigenvalue weighted by atomic mass is 35.5. The van der Waals surface area contributed by atoms with Gasteiger partial charge in [-0.2, -0.15) is 5.26 Å². The molecule has 4 heteroatoms. The van der Waals surface area contributed by atoms with Crippen LogP contribution in [0.25, 0.3) is 0 Å². The van der Waals surface area contributed by atoms with E-state index in [0.717, 1.165) is 18.8 Å². The molecule has 1 aromatic carbocycles. The van der Waals surface area contributed by atoms with Crippen LogP contribution in [-0.4, -0.2) is 19.1 Å². The molecule has 0 bridgehead atoms. The van der Waals surface area contributed by atoms with E-state index in [1.54, 1.807) is 12.1 Å². The molecule has 2 unspecified atom stereocenters. The van der Waals surface area contributed by atoms with Crippen LogP contribution in [0.1, 0.15) is 12.5 Å². The molecule has 1 aliphatic heterocycles. The van der Waals surface area contributed by atoms with Crippen molar-refractivity contribution in [2.75, 3.05) is 18.0 Å². The van der Waals surface area contributed by atoms with Crippen molar-refractivity contribution in [3.05, 3.63) is 28.8 Å². The largest absolute Gasteiger partial charge is 0.369 e. The first-order valence-electron chi connectivity index (χ1n) is 5.32. The van der Waals surface area contributed by atoms with Crippen LogP contribution >= 0.6 is 11.6 Å². The standard InChI is InChI=1S/C12H14ClN3/c1-8-6-16(7-11(8)15)12-4-10(13)3-2-9(12)5-14/h2-4,8,11H,6-7,15H2,1H3. The second-order valence-electron chi connectivity index (χ2n) is 4.32. The quantitative estimate of drug-likeness (QED) is 0.810. The lowest BCUT2D eigenvalue weighted by Crippen LogP contribution is -2.28. The van der Waals surface area contributed by atoms with E-state index in [-0.39, 0.29) is 6.04 Å². The molecule has 84 valence electrons. The summed E-state index contributed by atoms with van der Waals surface area (Å²) >= 11 is 5.96. The van der Waals surface area contributed by atoms with Crippen molar-refractivity contribution in [2.24, 2.45) is 11.7 Å². The molecular weight excluding hydrogens is 222 g/mol. The first-order chi connectivity index (χ1) is 7.61. The first-order valence-corrected chi connectivity index (χ1v) is 5.70. The molecule has 1 heterocycles. The zero-order chi connectivity index (χ0) is 11.7. The number of anilines is 1. The van der Waals surface area contributed by atoms with Crippen molar-refractivity contribution >= 4 is 17.3 Å². The summed E-state index contributed by atoms with van der Waals surface area (Å²) in [6.07, 6.45) is 0. The fraction of sp³-hybridized carbons (Fsp3) is 0.417. The fourth-order valence-corrected chi connectivity index (χ4v) is 2.22. The zero-order valence-electron chi connectivity index (χ0n) is 9.15. The van der Waals surface area contributed by atoms with E-state index in [4.69, 9.17) is 22.6 Å². The average Bonchev–Trinajstić information content (AvgIpc) is 2.59. The highest BCUT2D eigenvalue weighted by Crippen LogP contribution is 2.28. The van der Waals surface area contributed by atoms with Gasteiger partial charge in [0.25, 0.3) is 0 Å². The smallest absolute Gasteiger partial charge is 0.101 e. The Kier molecular flexibility index (Phi) is 3.04. The van der Waals surface area contributed by atoms with E-state index in [2.05, 4.69) is 17.9 Å². The summed E-state index contributed by atoms with van der Waals surface area (Å²) in [7, 11) is 0. The SMILES string of the molecule is CC1CN(c2cc(Cl)ccc2C#N)CC1N. The molecule has 0 aromatic heterocycles. The monoisotopic (exact) mass is 235 g/mol. The van der Waals surface area contributed by atoms with Crippen molar-refractivity contribution in [2.45, 2.75) is 13.0 Å². The van der Waals surface area contributed by atoms with Gasteiger partial charge in [-0.1, -0.05) is 18.5 Å². The van der Waals surface area contributed by atoms with Gasteiger partial charge in [0.1, 0.15) is 6.07 Å². The Morgan fingerprint density at radius 2 is 2.25 bits per heavy atom. The van der Waals surface area contributed by atoms with Crippen molar-refractivity contribution < 1.29 is 0 Å². The third-order valence-electron chi connectivity index (χ3n) is 3.09. The van der Waals surface area contributed by atoms with Gasteiger partial charge in [0.15, 0.2) is 0 Å². The van der Waals surface area contributed by atoms with Gasteiger partial charge in [-0.15, -0.1) is 0 Å². The van der Waals surface area contributed by atoms with Gasteiger partial charge in [-0.3, -0.25) is 0 Å². The van der Waals surface area contributed by atoms with Crippen molar-refractivity contribution in [1.29, 1.82) is 5.26 Å². The second kappa shape index (κ2) is 4.32. The normalized spacial score (nSPS) is 24.5. The predicted molar refractivity (Wildman–Crippen MR) is 65.5 cm³/mol. The number of hydrogen-bond acceptors (Lipinski definition) is 3. The maximum absolute atomic E-state index is 9.05. The maximum Gasteiger partial charge on any atom is 0.101 e. The number of halogens is 1. The molecule has 0 radical (unpaired) electrons. The van der Waals surface area contributed by atoms with Crippen LogP contribution in [0.4, 0.5) is 5.69 Å². The van der Waals surface area contributed by atoms with E-state index >= 15 is 0 Å². The number of benzene rings is 1. The first kappa shape index (κ1) is 11.3. The Morgan fingerprint density at radius 3 is 2.81 bits per heavy atom. The van der Waals surface area contributed by atoms with Crippen LogP contribution < -0.4 is 10.6 Å². The van der Waals surface area contributed by atoms with Crippen LogP contribution in [0.15, 0.2) is 18.2 Å². The molecule has 1 aliphatic rings. The number of hydrogen-bond donors (Lipinski definition) is 1. The van der Waals surface area contributed by atoms with E-state index in [0.29, 0.717) is 16.5 Å². The topological polar surface area (TPSA) is 53.0 Å². The van der Waals surface area contributed by atoms with Gasteiger partial charge < -0.3 is 10.6 Å². The van der Waals surface area contributed by atoms with E-state index in [9.17, 15) is 0 Å². The highest BCUT2D eigenvalue weighted by Gasteiger charge is 2.27. The Hall–Kier alpha value is -1.24. The van der Waals surface area contributed by atoms with E-state index in [1.165, 1.54) is 0 Å². The van der Waals surface area contributed by atoms with Gasteiger partial charge in [0, 0.05) is 24.2 Å². The third-order valence-corrected chi connectivity index (χ3v) is 3.33. The highest BCUT2D eigenvalue weighted by molar-refractivity contribution is 6.30. The summed E-state index contributed by atoms with van der Waals surface area (Å²) in [5.41, 5.74) is 7.53. The molecule has 0 saturated carbocycles. The van der Waals surface area contributed by atoms with Gasteiger partial charge in [0.2, 0.25) is 0 Å². The number of nitrogens with zero attached hydrogens (tertiary/aromatic N) is 2. The summed E-state index contributed by atoms with van der Waals surface area (Å²) in [5, 5.41) is 9.71. The summed E-state index contributed by atoms with van der Waals surface area (Å²) in [6.45, 7) is 3.80. The number of nitriles is 1. The fourth-order valence-electron chi connectivity index (χ4n) is 2.05. The summed E-state index contributed by atoms with van der Waals surface area (Å²) in [5.74, 6) is 0.450. The lowest BCUT2D eigenvalue weighted by Gasteiger charge is -2.19. The minimum Gasteiger partial charge on any atom is -0.369 e. The minimum absolute atomic E-state index is 0.172. The molecule has 1 saturated heterocycles. The number of rotatable bonds is 1. The Balaban J connectivity index is 2.34. The van der Waals surface area contributed by atoms with Crippen molar-refractivity contribution in [3.8, 4) is 6.07 Å². The van der Waals surface area contributed by atoms with Gasteiger partial charge >= 0.3 is 0 Å². The molecule has 2 rings (SSSR count). The molecule has 1 aromatic rings. The van der Waals surface area contributed by atoms with E-state index in [1.807, 2.05) is 6.07 Å². The van der Waals surface area contributed by atoms with Crippen LogP contribution in [-0.2, 0) is 0 Å². The van der Waals surface area contributed by atoms with Crippen molar-refractivity contribution in [1.82, 2.24) is 0 Å². The molecule has 0 spiro atoms. The molecule has 0 aliphatic carbocycles. The summed E-state index contributed by atoms with van der Waals surface area (Å²) < 4.78 is 0. The molecule has 1 fully saturated rings. The molecule has 16 heavy (non-hydrogen) atoms. The molecule has 3 nitrogen and oxygen atoms in total. The van der Waals surface area contributed by atoms with Gasteiger partial charge in [-0.25, -0.2) is 0 Å². The maximum atomic E-state index is 9.05. The average molecular weight is 236 g/mol. The summed E-state index contributed by atoms with van der Waals surface area (Å²) in [4.78, 5) is 2.14. The Bertz CT molecular complexity index is 428. The van der Waals surface area contributed by atoms with Crippen LogP contribution in [0, 0.1) is 17.2 Å². The molecule has 0 amide bonds. The summed E-state index contributed by atoms with van der Waals surface area (Å²) in [6, 6.07) is 7.69. The Morgan fingerprint density at radius 1 is 1.50 bits per heavy atom. The Labute approximate surface area is 100 Å². The van der Waals surface area contributed by atoms with Crippen LogP contribution in [0.2, 0.25) is 5.02 Å². The van der Waals surface area contributed by atoms with Gasteiger partial charge in [0.05, 0.1) is 11.3 Å². The molecule has 2 N–H and O–H groups in total. The number of nitrogens with two attached hydrogens (primary N) is 1. The van der Waals surface area contributed by atoms with Crippen molar-refractivity contribution in [3.63, 3.8) is 0 Å². The van der Waals surface area contributed by atoms with Crippen LogP contribution in [0.5, 0.6) is 0 Å². The zero-order valence-corrected chi connectivity index (χ0v) is 9.91. The lowest BCUT2D eigenvalue weighted by molar-refractivity contribution is 0.566. The van der Waals surface area contributed by atoms with Gasteiger partial charge in [-0.05, 0) is 24.1 Å². The lowest BCUT2D eigenvalue weighted by atomic mass is 10.1. The molecular formula is C12H14ClN3. The van der Waals surface area contributed by atoms with E-state index < -0.39 is 0 Å². The second-order valence-corrected chi connectivity index (χ2v) is 4.76. The predicted octanol–water partition coefficient (Wildman–Crippen LogP) is 2.00. The minimum atomic E-state index is 0.172. The van der Waals surface area contributed by atoms with Crippen LogP contribution in [0.3, 0.4) is 0 Å². The third kappa shape index (κ3) is 1.99. The molecule has 2 atom stereocenters.